The lowest BCUT2D eigenvalue weighted by molar-refractivity contribution is 0.247. The Balaban J connectivity index is 2.72. The van der Waals surface area contributed by atoms with Crippen molar-refractivity contribution in [3.63, 3.8) is 0 Å². The van der Waals surface area contributed by atoms with Crippen LogP contribution in [0.3, 0.4) is 0 Å². The van der Waals surface area contributed by atoms with E-state index >= 15 is 0 Å². The Morgan fingerprint density at radius 2 is 1.76 bits per heavy atom. The molecule has 0 aromatic carbocycles. The van der Waals surface area contributed by atoms with E-state index in [0.717, 1.165) is 19.4 Å². The van der Waals surface area contributed by atoms with E-state index < -0.39 is 0 Å². The van der Waals surface area contributed by atoms with Crippen LogP contribution in [0, 0.1) is 5.41 Å². The first-order valence-electron chi connectivity index (χ1n) is 7.48. The molecular weight excluding hydrogens is 270 g/mol. The quantitative estimate of drug-likeness (QED) is 0.607. The highest BCUT2D eigenvalue weighted by Crippen LogP contribution is 2.22. The summed E-state index contributed by atoms with van der Waals surface area (Å²) < 4.78 is 5.36. The highest BCUT2D eigenvalue weighted by Gasteiger charge is 2.18. The van der Waals surface area contributed by atoms with Crippen LogP contribution < -0.4 is 15.4 Å². The van der Waals surface area contributed by atoms with Crippen LogP contribution in [-0.4, -0.2) is 46.4 Å². The van der Waals surface area contributed by atoms with Crippen molar-refractivity contribution in [1.29, 1.82) is 0 Å². The van der Waals surface area contributed by atoms with E-state index in [1.807, 2.05) is 13.8 Å². The number of hydrogen-bond donors (Lipinski definition) is 3. The molecule has 21 heavy (non-hydrogen) atoms. The summed E-state index contributed by atoms with van der Waals surface area (Å²) in [5.41, 5.74) is 0.0550. The molecule has 3 N–H and O–H groups in total. The zero-order valence-corrected chi connectivity index (χ0v) is 13.4. The van der Waals surface area contributed by atoms with Crippen LogP contribution in [0.1, 0.15) is 40.5 Å². The molecule has 0 atom stereocenters. The van der Waals surface area contributed by atoms with Crippen molar-refractivity contribution in [1.82, 2.24) is 15.0 Å². The number of aliphatic hydroxyl groups is 1. The third-order valence-electron chi connectivity index (χ3n) is 2.96. The van der Waals surface area contributed by atoms with Gasteiger partial charge in [-0.05, 0) is 32.1 Å². The largest absolute Gasteiger partial charge is 0.464 e. The van der Waals surface area contributed by atoms with Crippen LogP contribution in [0.25, 0.3) is 0 Å². The van der Waals surface area contributed by atoms with E-state index in [-0.39, 0.29) is 12.0 Å². The molecule has 120 valence electrons. The van der Waals surface area contributed by atoms with Crippen molar-refractivity contribution in [3.05, 3.63) is 0 Å². The monoisotopic (exact) mass is 297 g/mol. The van der Waals surface area contributed by atoms with E-state index in [4.69, 9.17) is 9.84 Å². The number of ether oxygens (including phenoxy) is 1. The van der Waals surface area contributed by atoms with Gasteiger partial charge in [0.05, 0.1) is 6.61 Å². The Labute approximate surface area is 126 Å². The summed E-state index contributed by atoms with van der Waals surface area (Å²) in [4.78, 5) is 12.7. The highest BCUT2D eigenvalue weighted by atomic mass is 16.5. The van der Waals surface area contributed by atoms with Crippen LogP contribution in [0.15, 0.2) is 0 Å². The van der Waals surface area contributed by atoms with Gasteiger partial charge in [0, 0.05) is 19.7 Å². The fraction of sp³-hybridized carbons (Fsp3) is 0.786. The Morgan fingerprint density at radius 3 is 2.33 bits per heavy atom. The number of aliphatic hydroxyl groups excluding tert-OH is 1. The number of aromatic nitrogens is 3. The van der Waals surface area contributed by atoms with E-state index in [1.165, 1.54) is 0 Å². The van der Waals surface area contributed by atoms with Gasteiger partial charge in [0.2, 0.25) is 11.9 Å². The number of nitrogens with zero attached hydrogens (tertiary/aromatic N) is 3. The van der Waals surface area contributed by atoms with Gasteiger partial charge >= 0.3 is 6.01 Å². The average molecular weight is 297 g/mol. The maximum absolute atomic E-state index is 8.93. The molecular formula is C14H27N5O2. The van der Waals surface area contributed by atoms with Crippen molar-refractivity contribution < 1.29 is 9.84 Å². The Kier molecular flexibility index (Phi) is 7.14. The normalized spacial score (nSPS) is 11.3. The summed E-state index contributed by atoms with van der Waals surface area (Å²) in [5.74, 6) is 1.01. The number of hydrogen-bond acceptors (Lipinski definition) is 7. The standard InChI is InChI=1S/C14H27N5O2/c1-5-15-11-17-12(19-13(18-11)21-6-2)16-10-14(3,4)8-7-9-20/h20H,5-10H2,1-4H3,(H2,15,16,17,18,19). The first-order valence-corrected chi connectivity index (χ1v) is 7.48. The number of nitrogens with one attached hydrogen (secondary N) is 2. The summed E-state index contributed by atoms with van der Waals surface area (Å²) in [6.07, 6.45) is 1.72. The molecule has 0 fully saturated rings. The van der Waals surface area contributed by atoms with Gasteiger partial charge in [-0.2, -0.15) is 15.0 Å². The van der Waals surface area contributed by atoms with E-state index in [1.54, 1.807) is 0 Å². The molecule has 7 heteroatoms. The molecule has 0 aliphatic heterocycles. The van der Waals surface area contributed by atoms with Gasteiger partial charge in [0.15, 0.2) is 0 Å². The van der Waals surface area contributed by atoms with Crippen molar-refractivity contribution in [3.8, 4) is 6.01 Å². The molecule has 0 saturated heterocycles. The van der Waals surface area contributed by atoms with Crippen molar-refractivity contribution >= 4 is 11.9 Å². The third-order valence-corrected chi connectivity index (χ3v) is 2.96. The van der Waals surface area contributed by atoms with Crippen LogP contribution >= 0.6 is 0 Å². The van der Waals surface area contributed by atoms with E-state index in [2.05, 4.69) is 39.4 Å². The summed E-state index contributed by atoms with van der Waals surface area (Å²) in [7, 11) is 0. The zero-order chi connectivity index (χ0) is 15.7. The Hall–Kier alpha value is -1.63. The molecule has 1 aromatic heterocycles. The molecule has 0 aliphatic rings. The molecule has 0 bridgehead atoms. The van der Waals surface area contributed by atoms with E-state index in [9.17, 15) is 0 Å². The molecule has 1 rings (SSSR count). The Bertz CT molecular complexity index is 402. The third kappa shape index (κ3) is 6.57. The molecule has 0 amide bonds. The molecule has 1 heterocycles. The topological polar surface area (TPSA) is 92.2 Å². The van der Waals surface area contributed by atoms with E-state index in [0.29, 0.717) is 31.1 Å². The van der Waals surface area contributed by atoms with Crippen LogP contribution in [0.4, 0.5) is 11.9 Å². The minimum Gasteiger partial charge on any atom is -0.464 e. The smallest absolute Gasteiger partial charge is 0.323 e. The van der Waals surface area contributed by atoms with Crippen LogP contribution in [0.5, 0.6) is 6.01 Å². The maximum atomic E-state index is 8.93. The van der Waals surface area contributed by atoms with Crippen molar-refractivity contribution in [2.45, 2.75) is 40.5 Å². The minimum absolute atomic E-state index is 0.0550. The van der Waals surface area contributed by atoms with Gasteiger partial charge < -0.3 is 20.5 Å². The van der Waals surface area contributed by atoms with Gasteiger partial charge in [-0.3, -0.25) is 0 Å². The van der Waals surface area contributed by atoms with Crippen LogP contribution in [-0.2, 0) is 0 Å². The summed E-state index contributed by atoms with van der Waals surface area (Å²) >= 11 is 0. The molecule has 0 radical (unpaired) electrons. The lowest BCUT2D eigenvalue weighted by Crippen LogP contribution is -2.24. The fourth-order valence-corrected chi connectivity index (χ4v) is 1.83. The fourth-order valence-electron chi connectivity index (χ4n) is 1.83. The second kappa shape index (κ2) is 8.61. The molecule has 0 spiro atoms. The van der Waals surface area contributed by atoms with Crippen molar-refractivity contribution in [2.24, 2.45) is 5.41 Å². The SMILES string of the molecule is CCNc1nc(NCC(C)(C)CCCO)nc(OCC)n1. The lowest BCUT2D eigenvalue weighted by Gasteiger charge is -2.24. The molecule has 7 nitrogen and oxygen atoms in total. The molecule has 0 aliphatic carbocycles. The summed E-state index contributed by atoms with van der Waals surface area (Å²) in [6.45, 7) is 10.3. The summed E-state index contributed by atoms with van der Waals surface area (Å²) in [6, 6.07) is 0.319. The van der Waals surface area contributed by atoms with Gasteiger partial charge in [0.1, 0.15) is 0 Å². The Morgan fingerprint density at radius 1 is 1.10 bits per heavy atom. The second-order valence-corrected chi connectivity index (χ2v) is 5.57. The zero-order valence-electron chi connectivity index (χ0n) is 13.4. The number of anilines is 2. The lowest BCUT2D eigenvalue weighted by atomic mass is 9.88. The minimum atomic E-state index is 0.0550. The molecule has 1 aromatic rings. The first kappa shape index (κ1) is 17.4. The average Bonchev–Trinajstić information content (AvgIpc) is 2.44. The predicted octanol–water partition coefficient (Wildman–Crippen LogP) is 1.91. The first-order chi connectivity index (χ1) is 10.0. The van der Waals surface area contributed by atoms with Gasteiger partial charge in [-0.25, -0.2) is 0 Å². The molecule has 0 unspecified atom stereocenters. The van der Waals surface area contributed by atoms with Crippen LogP contribution in [0.2, 0.25) is 0 Å². The van der Waals surface area contributed by atoms with Gasteiger partial charge in [0.25, 0.3) is 0 Å². The molecule has 0 saturated carbocycles. The number of rotatable bonds is 10. The maximum Gasteiger partial charge on any atom is 0.323 e. The second-order valence-electron chi connectivity index (χ2n) is 5.57. The predicted molar refractivity (Wildman–Crippen MR) is 83.8 cm³/mol. The van der Waals surface area contributed by atoms with Crippen molar-refractivity contribution in [2.75, 3.05) is 36.9 Å². The highest BCUT2D eigenvalue weighted by molar-refractivity contribution is 5.35. The summed E-state index contributed by atoms with van der Waals surface area (Å²) in [5, 5.41) is 15.2. The van der Waals surface area contributed by atoms with Gasteiger partial charge in [-0.15, -0.1) is 0 Å². The van der Waals surface area contributed by atoms with Gasteiger partial charge in [-0.1, -0.05) is 13.8 Å².